The van der Waals surface area contributed by atoms with Crippen LogP contribution < -0.4 is 20.7 Å². The minimum absolute atomic E-state index is 0.238. The van der Waals surface area contributed by atoms with E-state index < -0.39 is 11.5 Å². The van der Waals surface area contributed by atoms with Crippen molar-refractivity contribution in [3.05, 3.63) is 40.6 Å². The van der Waals surface area contributed by atoms with Gasteiger partial charge in [-0.1, -0.05) is 0 Å². The van der Waals surface area contributed by atoms with Crippen molar-refractivity contribution in [2.45, 2.75) is 0 Å². The SMILES string of the molecule is CN(C)c1nc(N2CCOCC2)ncc1NC(=O)c1ccc(=O)oc1. The molecule has 1 amide bonds. The van der Waals surface area contributed by atoms with Gasteiger partial charge in [-0.2, -0.15) is 4.98 Å². The molecule has 3 rings (SSSR count). The average molecular weight is 345 g/mol. The second kappa shape index (κ2) is 7.31. The Morgan fingerprint density at radius 1 is 1.28 bits per heavy atom. The summed E-state index contributed by atoms with van der Waals surface area (Å²) in [6.07, 6.45) is 2.69. The number of aromatic nitrogens is 2. The van der Waals surface area contributed by atoms with Gasteiger partial charge in [-0.25, -0.2) is 9.78 Å². The molecule has 0 radical (unpaired) electrons. The topological polar surface area (TPSA) is 101 Å². The van der Waals surface area contributed by atoms with E-state index >= 15 is 0 Å². The molecule has 9 nitrogen and oxygen atoms in total. The number of hydrogen-bond donors (Lipinski definition) is 1. The van der Waals surface area contributed by atoms with E-state index in [1.165, 1.54) is 12.1 Å². The molecule has 1 N–H and O–H groups in total. The number of hydrogen-bond acceptors (Lipinski definition) is 8. The summed E-state index contributed by atoms with van der Waals surface area (Å²) in [5.74, 6) is 0.771. The summed E-state index contributed by atoms with van der Waals surface area (Å²) in [7, 11) is 3.67. The molecular weight excluding hydrogens is 326 g/mol. The molecule has 0 aromatic carbocycles. The largest absolute Gasteiger partial charge is 0.430 e. The standard InChI is InChI=1S/C16H19N5O4/c1-20(2)14-12(18-15(23)11-3-4-13(22)25-10-11)9-17-16(19-14)21-5-7-24-8-6-21/h3-4,9-10H,5-8H2,1-2H3,(H,18,23). The molecule has 0 bridgehead atoms. The number of anilines is 3. The van der Waals surface area contributed by atoms with E-state index in [0.717, 1.165) is 19.4 Å². The zero-order valence-corrected chi connectivity index (χ0v) is 14.1. The predicted molar refractivity (Wildman–Crippen MR) is 92.3 cm³/mol. The molecule has 1 saturated heterocycles. The van der Waals surface area contributed by atoms with Gasteiger partial charge in [0.25, 0.3) is 5.91 Å². The molecule has 2 aromatic rings. The van der Waals surface area contributed by atoms with Gasteiger partial charge in [0.1, 0.15) is 12.0 Å². The Balaban J connectivity index is 1.83. The molecule has 1 fully saturated rings. The molecule has 9 heteroatoms. The van der Waals surface area contributed by atoms with Gasteiger partial charge < -0.3 is 24.3 Å². The first-order valence-electron chi connectivity index (χ1n) is 7.82. The Morgan fingerprint density at radius 2 is 2.04 bits per heavy atom. The van der Waals surface area contributed by atoms with Crippen molar-refractivity contribution in [3.63, 3.8) is 0 Å². The summed E-state index contributed by atoms with van der Waals surface area (Å²) in [5.41, 5.74) is 0.198. The number of carbonyl (C=O) groups excluding carboxylic acids is 1. The molecule has 1 aliphatic rings. The van der Waals surface area contributed by atoms with Crippen molar-refractivity contribution in [2.24, 2.45) is 0 Å². The van der Waals surface area contributed by atoms with Gasteiger partial charge in [0.15, 0.2) is 5.82 Å². The molecule has 0 saturated carbocycles. The quantitative estimate of drug-likeness (QED) is 0.859. The Labute approximate surface area is 144 Å². The van der Waals surface area contributed by atoms with Crippen LogP contribution in [-0.2, 0) is 4.74 Å². The highest BCUT2D eigenvalue weighted by molar-refractivity contribution is 6.05. The first kappa shape index (κ1) is 16.9. The Morgan fingerprint density at radius 3 is 2.68 bits per heavy atom. The third-order valence-corrected chi connectivity index (χ3v) is 3.68. The molecule has 0 aliphatic carbocycles. The monoisotopic (exact) mass is 345 g/mol. The molecule has 0 atom stereocenters. The predicted octanol–water partition coefficient (Wildman–Crippen LogP) is 0.585. The minimum Gasteiger partial charge on any atom is -0.430 e. The summed E-state index contributed by atoms with van der Waals surface area (Å²) in [5, 5.41) is 2.75. The summed E-state index contributed by atoms with van der Waals surface area (Å²) < 4.78 is 10.1. The fraction of sp³-hybridized carbons (Fsp3) is 0.375. The molecule has 2 aromatic heterocycles. The van der Waals surface area contributed by atoms with E-state index in [1.807, 2.05) is 19.0 Å². The van der Waals surface area contributed by atoms with Crippen LogP contribution in [0.25, 0.3) is 0 Å². The van der Waals surface area contributed by atoms with E-state index in [0.29, 0.717) is 30.7 Å². The fourth-order valence-electron chi connectivity index (χ4n) is 2.39. The van der Waals surface area contributed by atoms with Crippen LogP contribution in [0.1, 0.15) is 10.4 Å². The summed E-state index contributed by atoms with van der Waals surface area (Å²) in [6, 6.07) is 2.60. The Kier molecular flexibility index (Phi) is 4.94. The highest BCUT2D eigenvalue weighted by Crippen LogP contribution is 2.24. The van der Waals surface area contributed by atoms with Crippen LogP contribution in [0.5, 0.6) is 0 Å². The summed E-state index contributed by atoms with van der Waals surface area (Å²) in [4.78, 5) is 36.0. The second-order valence-corrected chi connectivity index (χ2v) is 5.70. The van der Waals surface area contributed by atoms with Crippen molar-refractivity contribution in [2.75, 3.05) is 55.5 Å². The summed E-state index contributed by atoms with van der Waals surface area (Å²) >= 11 is 0. The van der Waals surface area contributed by atoms with Crippen molar-refractivity contribution in [1.29, 1.82) is 0 Å². The number of morpholine rings is 1. The number of rotatable bonds is 4. The Hall–Kier alpha value is -2.94. The first-order chi connectivity index (χ1) is 12.0. The number of nitrogens with one attached hydrogen (secondary N) is 1. The first-order valence-corrected chi connectivity index (χ1v) is 7.82. The van der Waals surface area contributed by atoms with Crippen molar-refractivity contribution in [3.8, 4) is 0 Å². The van der Waals surface area contributed by atoms with Crippen LogP contribution in [0.15, 0.2) is 33.8 Å². The van der Waals surface area contributed by atoms with Crippen LogP contribution >= 0.6 is 0 Å². The van der Waals surface area contributed by atoms with Crippen molar-refractivity contribution in [1.82, 2.24) is 9.97 Å². The van der Waals surface area contributed by atoms with Gasteiger partial charge in [0.05, 0.1) is 25.0 Å². The molecule has 0 spiro atoms. The van der Waals surface area contributed by atoms with E-state index in [2.05, 4.69) is 15.3 Å². The fourth-order valence-corrected chi connectivity index (χ4v) is 2.39. The Bertz CT molecular complexity index is 794. The highest BCUT2D eigenvalue weighted by atomic mass is 16.5. The molecule has 1 aliphatic heterocycles. The average Bonchev–Trinajstić information content (AvgIpc) is 2.63. The van der Waals surface area contributed by atoms with Crippen molar-refractivity contribution >= 4 is 23.4 Å². The maximum Gasteiger partial charge on any atom is 0.335 e. The van der Waals surface area contributed by atoms with Crippen molar-refractivity contribution < 1.29 is 13.9 Å². The smallest absolute Gasteiger partial charge is 0.335 e. The lowest BCUT2D eigenvalue weighted by Gasteiger charge is -2.28. The maximum absolute atomic E-state index is 12.3. The van der Waals surface area contributed by atoms with E-state index in [9.17, 15) is 9.59 Å². The third kappa shape index (κ3) is 3.94. The lowest BCUT2D eigenvalue weighted by molar-refractivity contribution is 0.102. The van der Waals surface area contributed by atoms with Crippen LogP contribution in [0.2, 0.25) is 0 Å². The second-order valence-electron chi connectivity index (χ2n) is 5.70. The molecular formula is C16H19N5O4. The third-order valence-electron chi connectivity index (χ3n) is 3.68. The number of carbonyl (C=O) groups is 1. The molecule has 25 heavy (non-hydrogen) atoms. The van der Waals surface area contributed by atoms with E-state index in [4.69, 9.17) is 9.15 Å². The minimum atomic E-state index is -0.510. The van der Waals surface area contributed by atoms with Crippen LogP contribution in [0.3, 0.4) is 0 Å². The lowest BCUT2D eigenvalue weighted by atomic mass is 10.3. The molecule has 3 heterocycles. The normalized spacial score (nSPS) is 14.2. The van der Waals surface area contributed by atoms with E-state index in [1.54, 1.807) is 11.1 Å². The zero-order chi connectivity index (χ0) is 17.8. The zero-order valence-electron chi connectivity index (χ0n) is 14.1. The highest BCUT2D eigenvalue weighted by Gasteiger charge is 2.18. The van der Waals surface area contributed by atoms with Gasteiger partial charge in [-0.05, 0) is 6.07 Å². The van der Waals surface area contributed by atoms with Gasteiger partial charge in [-0.3, -0.25) is 4.79 Å². The van der Waals surface area contributed by atoms with Gasteiger partial charge in [0, 0.05) is 33.3 Å². The van der Waals surface area contributed by atoms with Gasteiger partial charge >= 0.3 is 5.63 Å². The number of amides is 1. The van der Waals surface area contributed by atoms with Gasteiger partial charge in [0.2, 0.25) is 5.95 Å². The van der Waals surface area contributed by atoms with E-state index in [-0.39, 0.29) is 5.56 Å². The van der Waals surface area contributed by atoms with Crippen LogP contribution in [-0.4, -0.2) is 56.3 Å². The molecule has 132 valence electrons. The van der Waals surface area contributed by atoms with Crippen LogP contribution in [0.4, 0.5) is 17.5 Å². The van der Waals surface area contributed by atoms with Crippen LogP contribution in [0, 0.1) is 0 Å². The maximum atomic E-state index is 12.3. The number of ether oxygens (including phenoxy) is 1. The number of nitrogens with zero attached hydrogens (tertiary/aromatic N) is 4. The lowest BCUT2D eigenvalue weighted by Crippen LogP contribution is -2.37. The molecule has 0 unspecified atom stereocenters. The summed E-state index contributed by atoms with van der Waals surface area (Å²) in [6.45, 7) is 2.72. The van der Waals surface area contributed by atoms with Gasteiger partial charge in [-0.15, -0.1) is 0 Å².